The molecule has 3 heteroatoms. The molecular weight excluding hydrogens is 1270 g/mol. The van der Waals surface area contributed by atoms with E-state index in [9.17, 15) is 0 Å². The molecule has 0 amide bonds. The van der Waals surface area contributed by atoms with Crippen LogP contribution in [0.5, 0.6) is 0 Å². The number of fused-ring (bicyclic) bond motifs is 9. The third-order valence-electron chi connectivity index (χ3n) is 22.9. The van der Waals surface area contributed by atoms with E-state index in [1.54, 1.807) is 0 Å². The fourth-order valence-electron chi connectivity index (χ4n) is 18.8. The summed E-state index contributed by atoms with van der Waals surface area (Å²) < 4.78 is 0. The smallest absolute Gasteiger partial charge is 0.164 e. The summed E-state index contributed by atoms with van der Waals surface area (Å²) in [6, 6.07) is 108. The Balaban J connectivity index is 0.885. The molecule has 0 N–H and O–H groups in total. The fraction of sp³-hybridized carbons (Fsp3) is 0.0882. The molecule has 0 radical (unpaired) electrons. The first-order valence-electron chi connectivity index (χ1n) is 36.7. The SMILES string of the molecule is Cc1cc(C)c(-c2c3ccccc3c(-c3ccc4ccccc4c3)c3ccccc23)c(C)c1-c1nc(-c2c(C)cc(C)c(-c3c4ccccc4c(-c4cccc5ccccc45)c4ccccc34)c2C)nc(-c2c(C)cc(C)c(-c3c4ccccc4c(-c4cccc5ccccc45)c4ccccc34)c2C)n1. The summed E-state index contributed by atoms with van der Waals surface area (Å²) in [4.78, 5) is 17.9. The number of aryl methyl sites for hydroxylation is 6. The molecule has 0 fully saturated rings. The van der Waals surface area contributed by atoms with Crippen molar-refractivity contribution in [1.82, 2.24) is 15.0 Å². The van der Waals surface area contributed by atoms with Crippen LogP contribution >= 0.6 is 0 Å². The third kappa shape index (κ3) is 9.89. The average Bonchev–Trinajstić information content (AvgIpc) is 0.732. The van der Waals surface area contributed by atoms with Crippen LogP contribution in [0.1, 0.15) is 50.1 Å². The summed E-state index contributed by atoms with van der Waals surface area (Å²) in [6.07, 6.45) is 0. The van der Waals surface area contributed by atoms with E-state index >= 15 is 0 Å². The molecule has 498 valence electrons. The van der Waals surface area contributed by atoms with Crippen LogP contribution in [-0.2, 0) is 0 Å². The topological polar surface area (TPSA) is 38.7 Å². The second-order valence-corrected chi connectivity index (χ2v) is 29.1. The molecule has 0 unspecified atom stereocenters. The lowest BCUT2D eigenvalue weighted by Crippen LogP contribution is -2.08. The molecule has 0 spiro atoms. The standard InChI is InChI=1S/C102H75N3/c1-58-54-61(4)91(64(7)88(58)97-82-44-22-16-38-76(82)94(77-39-17-23-45-83(77)97)71-53-52-67-30-10-11-33-70(67)57-71)100-103-101(92-62(5)55-59(2)89(65(92)8)98-84-46-24-18-40-78(84)95(79-41-19-25-47-85(79)98)74-50-28-34-68-31-12-14-36-72(68)74)105-102(104-100)93-63(6)56-60(3)90(66(93)9)99-86-48-26-20-42-80(86)96(81-43-21-27-49-87(81)99)75-51-29-35-69-32-13-15-37-73(69)75/h10-57H,1-9H3. The summed E-state index contributed by atoms with van der Waals surface area (Å²) in [5, 5.41) is 21.8. The Morgan fingerprint density at radius 1 is 0.162 bits per heavy atom. The molecule has 0 atom stereocenters. The van der Waals surface area contributed by atoms with Gasteiger partial charge in [0.1, 0.15) is 0 Å². The van der Waals surface area contributed by atoms with Gasteiger partial charge in [0.2, 0.25) is 0 Å². The van der Waals surface area contributed by atoms with Crippen LogP contribution in [0.4, 0.5) is 0 Å². The van der Waals surface area contributed by atoms with E-state index in [4.69, 9.17) is 15.0 Å². The van der Waals surface area contributed by atoms with Crippen molar-refractivity contribution >= 4 is 97.0 Å². The maximum Gasteiger partial charge on any atom is 0.164 e. The summed E-state index contributed by atoms with van der Waals surface area (Å²) in [5.74, 6) is 1.92. The quantitative estimate of drug-likeness (QED) is 0.135. The molecular formula is C102H75N3. The summed E-state index contributed by atoms with van der Waals surface area (Å²) in [7, 11) is 0. The van der Waals surface area contributed by atoms with Crippen LogP contribution < -0.4 is 0 Å². The average molecular weight is 1340 g/mol. The molecule has 0 aliphatic rings. The number of hydrogen-bond donors (Lipinski definition) is 0. The van der Waals surface area contributed by atoms with E-state index in [0.717, 1.165) is 50.1 Å². The number of hydrogen-bond acceptors (Lipinski definition) is 3. The normalized spacial score (nSPS) is 11.9. The van der Waals surface area contributed by atoms with Crippen molar-refractivity contribution in [3.8, 4) is 101 Å². The zero-order valence-corrected chi connectivity index (χ0v) is 60.6. The minimum absolute atomic E-state index is 0.639. The molecule has 105 heavy (non-hydrogen) atoms. The van der Waals surface area contributed by atoms with E-state index in [-0.39, 0.29) is 0 Å². The molecule has 1 aromatic heterocycles. The molecule has 18 aromatic carbocycles. The second kappa shape index (κ2) is 24.8. The van der Waals surface area contributed by atoms with E-state index in [1.807, 2.05) is 0 Å². The van der Waals surface area contributed by atoms with Gasteiger partial charge in [0.25, 0.3) is 0 Å². The molecule has 3 nitrogen and oxygen atoms in total. The lowest BCUT2D eigenvalue weighted by atomic mass is 9.81. The number of aromatic nitrogens is 3. The first kappa shape index (κ1) is 63.2. The fourth-order valence-corrected chi connectivity index (χ4v) is 18.8. The van der Waals surface area contributed by atoms with Gasteiger partial charge in [0.15, 0.2) is 17.5 Å². The molecule has 1 heterocycles. The summed E-state index contributed by atoms with van der Waals surface area (Å²) in [6.45, 7) is 20.5. The zero-order chi connectivity index (χ0) is 71.0. The van der Waals surface area contributed by atoms with Gasteiger partial charge >= 0.3 is 0 Å². The Bertz CT molecular complexity index is 6480. The van der Waals surface area contributed by atoms with E-state index in [2.05, 4.69) is 353 Å². The van der Waals surface area contributed by atoms with Gasteiger partial charge in [-0.15, -0.1) is 0 Å². The van der Waals surface area contributed by atoms with Gasteiger partial charge in [0, 0.05) is 16.7 Å². The van der Waals surface area contributed by atoms with Crippen molar-refractivity contribution < 1.29 is 0 Å². The van der Waals surface area contributed by atoms with Gasteiger partial charge in [-0.1, -0.05) is 285 Å². The number of rotatable bonds is 9. The molecule has 0 bridgehead atoms. The summed E-state index contributed by atoms with van der Waals surface area (Å²) in [5.41, 5.74) is 27.8. The number of benzene rings is 18. The van der Waals surface area contributed by atoms with Crippen LogP contribution in [0.2, 0.25) is 0 Å². The van der Waals surface area contributed by atoms with E-state index < -0.39 is 0 Å². The Hall–Kier alpha value is -12.7. The molecule has 0 aliphatic carbocycles. The Labute approximate surface area is 612 Å². The predicted octanol–water partition coefficient (Wildman–Crippen LogP) is 28.0. The lowest BCUT2D eigenvalue weighted by Gasteiger charge is -2.24. The second-order valence-electron chi connectivity index (χ2n) is 29.1. The van der Waals surface area contributed by atoms with Gasteiger partial charge in [-0.3, -0.25) is 0 Å². The van der Waals surface area contributed by atoms with Crippen molar-refractivity contribution in [3.63, 3.8) is 0 Å². The van der Waals surface area contributed by atoms with Crippen molar-refractivity contribution in [2.45, 2.75) is 62.3 Å². The van der Waals surface area contributed by atoms with Gasteiger partial charge in [0.05, 0.1) is 0 Å². The van der Waals surface area contributed by atoms with Crippen LogP contribution in [0.15, 0.2) is 291 Å². The molecule has 19 aromatic rings. The largest absolute Gasteiger partial charge is 0.208 e. The molecule has 19 rings (SSSR count). The maximum absolute atomic E-state index is 5.96. The molecule has 0 saturated heterocycles. The third-order valence-corrected chi connectivity index (χ3v) is 22.9. The lowest BCUT2D eigenvalue weighted by molar-refractivity contribution is 1.05. The molecule has 0 saturated carbocycles. The first-order chi connectivity index (χ1) is 51.4. The Morgan fingerprint density at radius 3 is 0.714 bits per heavy atom. The van der Waals surface area contributed by atoms with Crippen LogP contribution in [0.25, 0.3) is 198 Å². The zero-order valence-electron chi connectivity index (χ0n) is 60.6. The van der Waals surface area contributed by atoms with Crippen molar-refractivity contribution in [1.29, 1.82) is 0 Å². The minimum atomic E-state index is 0.639. The minimum Gasteiger partial charge on any atom is -0.208 e. The van der Waals surface area contributed by atoms with Crippen molar-refractivity contribution in [3.05, 3.63) is 341 Å². The maximum atomic E-state index is 5.96. The molecule has 0 aliphatic heterocycles. The van der Waals surface area contributed by atoms with Crippen molar-refractivity contribution in [2.75, 3.05) is 0 Å². The number of nitrogens with zero attached hydrogens (tertiary/aromatic N) is 3. The highest BCUT2D eigenvalue weighted by molar-refractivity contribution is 6.27. The van der Waals surface area contributed by atoms with E-state index in [1.165, 1.54) is 180 Å². The van der Waals surface area contributed by atoms with Gasteiger partial charge in [-0.05, 0) is 282 Å². The monoisotopic (exact) mass is 1340 g/mol. The highest BCUT2D eigenvalue weighted by Gasteiger charge is 2.30. The predicted molar refractivity (Wildman–Crippen MR) is 449 cm³/mol. The first-order valence-corrected chi connectivity index (χ1v) is 36.7. The Kier molecular flexibility index (Phi) is 14.9. The van der Waals surface area contributed by atoms with E-state index in [0.29, 0.717) is 17.5 Å². The van der Waals surface area contributed by atoms with Crippen LogP contribution in [0, 0.1) is 62.3 Å². The van der Waals surface area contributed by atoms with Crippen LogP contribution in [-0.4, -0.2) is 15.0 Å². The van der Waals surface area contributed by atoms with Gasteiger partial charge in [-0.25, -0.2) is 15.0 Å². The van der Waals surface area contributed by atoms with Gasteiger partial charge in [-0.2, -0.15) is 0 Å². The van der Waals surface area contributed by atoms with Crippen molar-refractivity contribution in [2.24, 2.45) is 0 Å². The Morgan fingerprint density at radius 2 is 0.400 bits per heavy atom. The van der Waals surface area contributed by atoms with Gasteiger partial charge < -0.3 is 0 Å². The summed E-state index contributed by atoms with van der Waals surface area (Å²) >= 11 is 0. The highest BCUT2D eigenvalue weighted by atomic mass is 15.0. The highest BCUT2D eigenvalue weighted by Crippen LogP contribution is 2.53. The van der Waals surface area contributed by atoms with Crippen LogP contribution in [0.3, 0.4) is 0 Å².